The van der Waals surface area contributed by atoms with Gasteiger partial charge in [0.05, 0.1) is 6.54 Å². The maximum Gasteiger partial charge on any atom is 0.191 e. The first-order valence-electron chi connectivity index (χ1n) is 7.14. The quantitative estimate of drug-likeness (QED) is 0.296. The third-order valence-electron chi connectivity index (χ3n) is 3.34. The molecule has 2 heterocycles. The highest BCUT2D eigenvalue weighted by Crippen LogP contribution is 2.13. The van der Waals surface area contributed by atoms with Gasteiger partial charge >= 0.3 is 0 Å². The van der Waals surface area contributed by atoms with E-state index < -0.39 is 0 Å². The summed E-state index contributed by atoms with van der Waals surface area (Å²) < 4.78 is 7.06. The number of hydrogen-bond acceptors (Lipinski definition) is 5. The van der Waals surface area contributed by atoms with Gasteiger partial charge in [-0.15, -0.1) is 24.0 Å². The summed E-state index contributed by atoms with van der Waals surface area (Å²) in [6.07, 6.45) is 4.06. The fourth-order valence-corrected chi connectivity index (χ4v) is 2.63. The van der Waals surface area contributed by atoms with Crippen molar-refractivity contribution in [3.8, 4) is 0 Å². The molecule has 126 valence electrons. The van der Waals surface area contributed by atoms with Gasteiger partial charge < -0.3 is 15.4 Å². The lowest BCUT2D eigenvalue weighted by Crippen LogP contribution is -2.47. The van der Waals surface area contributed by atoms with Gasteiger partial charge in [0.2, 0.25) is 0 Å². The second-order valence-electron chi connectivity index (χ2n) is 4.93. The predicted molar refractivity (Wildman–Crippen MR) is 101 cm³/mol. The summed E-state index contributed by atoms with van der Waals surface area (Å²) in [6.45, 7) is 2.20. The molecule has 1 aliphatic rings. The third kappa shape index (κ3) is 5.58. The molecule has 1 unspecified atom stereocenters. The molecular weight excluding hydrogens is 415 g/mol. The first-order chi connectivity index (χ1) is 10.3. The molecular formula is C13H25IN6OS. The van der Waals surface area contributed by atoms with Crippen LogP contribution in [0.15, 0.2) is 4.99 Å². The minimum Gasteiger partial charge on any atom is -0.377 e. The highest BCUT2D eigenvalue weighted by Gasteiger charge is 2.22. The molecule has 0 spiro atoms. The fourth-order valence-electron chi connectivity index (χ4n) is 2.33. The Morgan fingerprint density at radius 3 is 3.05 bits per heavy atom. The Bertz CT molecular complexity index is 481. The largest absolute Gasteiger partial charge is 0.377 e. The lowest BCUT2D eigenvalue weighted by Gasteiger charge is -2.25. The zero-order valence-corrected chi connectivity index (χ0v) is 16.5. The topological polar surface area (TPSA) is 76.4 Å². The van der Waals surface area contributed by atoms with Gasteiger partial charge in [0, 0.05) is 38.9 Å². The maximum atomic E-state index is 5.08. The first-order valence-corrected chi connectivity index (χ1v) is 8.54. The molecule has 2 N–H and O–H groups in total. The number of nitrogens with zero attached hydrogens (tertiary/aromatic N) is 4. The lowest BCUT2D eigenvalue weighted by molar-refractivity contribution is 0.177. The fraction of sp³-hybridized carbons (Fsp3) is 0.769. The Balaban J connectivity index is 0.00000242. The van der Waals surface area contributed by atoms with Crippen molar-refractivity contribution in [2.75, 3.05) is 32.7 Å². The molecule has 1 aliphatic heterocycles. The molecule has 2 rings (SSSR count). The number of nitrogens with one attached hydrogen (secondary N) is 2. The standard InChI is InChI=1S/C13H24N6OS.HI/c1-14-13(15-6-7-21-3)16-10-4-5-12-17-11(9-20-2)18-19(12)8-10;/h10H,4-9H2,1-3H3,(H2,14,15,16);1H. The van der Waals surface area contributed by atoms with E-state index in [9.17, 15) is 0 Å². The van der Waals surface area contributed by atoms with Crippen molar-refractivity contribution in [1.82, 2.24) is 25.4 Å². The SMILES string of the molecule is CN=C(NCCSC)NC1CCc2nc(COC)nn2C1.I. The van der Waals surface area contributed by atoms with Crippen LogP contribution in [0.5, 0.6) is 0 Å². The highest BCUT2D eigenvalue weighted by atomic mass is 127. The first kappa shape index (κ1) is 19.5. The van der Waals surface area contributed by atoms with Crippen molar-refractivity contribution in [2.24, 2.45) is 4.99 Å². The maximum absolute atomic E-state index is 5.08. The molecule has 1 aromatic heterocycles. The van der Waals surface area contributed by atoms with Crippen LogP contribution in [0.25, 0.3) is 0 Å². The number of aryl methyl sites for hydroxylation is 1. The summed E-state index contributed by atoms with van der Waals surface area (Å²) in [5, 5.41) is 11.3. The molecule has 1 atom stereocenters. The van der Waals surface area contributed by atoms with Crippen LogP contribution in [-0.4, -0.2) is 59.5 Å². The van der Waals surface area contributed by atoms with E-state index in [1.165, 1.54) is 0 Å². The number of aromatic nitrogens is 3. The number of fused-ring (bicyclic) bond motifs is 1. The Labute approximate surface area is 153 Å². The van der Waals surface area contributed by atoms with Crippen LogP contribution in [0.1, 0.15) is 18.1 Å². The summed E-state index contributed by atoms with van der Waals surface area (Å²) in [4.78, 5) is 8.75. The van der Waals surface area contributed by atoms with E-state index in [2.05, 4.69) is 32.0 Å². The Hall–Kier alpha value is -0.550. The number of rotatable bonds is 6. The molecule has 0 aromatic carbocycles. The predicted octanol–water partition coefficient (Wildman–Crippen LogP) is 0.885. The molecule has 22 heavy (non-hydrogen) atoms. The van der Waals surface area contributed by atoms with Crippen LogP contribution in [0, 0.1) is 0 Å². The van der Waals surface area contributed by atoms with Crippen LogP contribution in [0.3, 0.4) is 0 Å². The molecule has 1 aromatic rings. The smallest absolute Gasteiger partial charge is 0.191 e. The van der Waals surface area contributed by atoms with E-state index in [0.717, 1.165) is 49.3 Å². The second kappa shape index (κ2) is 10.3. The number of guanidine groups is 1. The number of ether oxygens (including phenoxy) is 1. The molecule has 0 saturated carbocycles. The van der Waals surface area contributed by atoms with Crippen molar-refractivity contribution in [1.29, 1.82) is 0 Å². The van der Waals surface area contributed by atoms with Crippen LogP contribution in [0.2, 0.25) is 0 Å². The van der Waals surface area contributed by atoms with Gasteiger partial charge in [0.1, 0.15) is 12.4 Å². The molecule has 7 nitrogen and oxygen atoms in total. The van der Waals surface area contributed by atoms with E-state index in [0.29, 0.717) is 12.6 Å². The summed E-state index contributed by atoms with van der Waals surface area (Å²) in [7, 11) is 3.46. The average Bonchev–Trinajstić information content (AvgIpc) is 2.88. The van der Waals surface area contributed by atoms with Gasteiger partial charge in [0.25, 0.3) is 0 Å². The van der Waals surface area contributed by atoms with Crippen molar-refractivity contribution in [2.45, 2.75) is 32.0 Å². The molecule has 0 fully saturated rings. The summed E-state index contributed by atoms with van der Waals surface area (Å²) >= 11 is 1.82. The van der Waals surface area contributed by atoms with E-state index in [-0.39, 0.29) is 24.0 Å². The van der Waals surface area contributed by atoms with Gasteiger partial charge in [-0.25, -0.2) is 9.67 Å². The van der Waals surface area contributed by atoms with Gasteiger partial charge in [-0.05, 0) is 12.7 Å². The van der Waals surface area contributed by atoms with Gasteiger partial charge in [-0.3, -0.25) is 4.99 Å². The van der Waals surface area contributed by atoms with Crippen molar-refractivity contribution >= 4 is 41.7 Å². The molecule has 0 radical (unpaired) electrons. The summed E-state index contributed by atoms with van der Waals surface area (Å²) in [6, 6.07) is 0.329. The minimum atomic E-state index is 0. The van der Waals surface area contributed by atoms with Crippen LogP contribution in [0.4, 0.5) is 0 Å². The Morgan fingerprint density at radius 2 is 2.36 bits per heavy atom. The summed E-state index contributed by atoms with van der Waals surface area (Å²) in [5.41, 5.74) is 0. The van der Waals surface area contributed by atoms with Gasteiger partial charge in [-0.2, -0.15) is 16.9 Å². The van der Waals surface area contributed by atoms with Gasteiger partial charge in [-0.1, -0.05) is 0 Å². The average molecular weight is 440 g/mol. The monoisotopic (exact) mass is 440 g/mol. The molecule has 0 bridgehead atoms. The number of hydrogen-bond donors (Lipinski definition) is 2. The number of methoxy groups -OCH3 is 1. The van der Waals surface area contributed by atoms with Crippen LogP contribution < -0.4 is 10.6 Å². The van der Waals surface area contributed by atoms with Gasteiger partial charge in [0.15, 0.2) is 11.8 Å². The second-order valence-corrected chi connectivity index (χ2v) is 5.92. The molecule has 0 aliphatic carbocycles. The van der Waals surface area contributed by atoms with Crippen LogP contribution in [-0.2, 0) is 24.3 Å². The van der Waals surface area contributed by atoms with Crippen molar-refractivity contribution < 1.29 is 4.74 Å². The number of aliphatic imine (C=N–C) groups is 1. The highest BCUT2D eigenvalue weighted by molar-refractivity contribution is 14.0. The van der Waals surface area contributed by atoms with Crippen molar-refractivity contribution in [3.63, 3.8) is 0 Å². The zero-order chi connectivity index (χ0) is 15.1. The Kier molecular flexibility index (Phi) is 9.10. The summed E-state index contributed by atoms with van der Waals surface area (Å²) in [5.74, 6) is 3.73. The lowest BCUT2D eigenvalue weighted by atomic mass is 10.1. The minimum absolute atomic E-state index is 0. The number of halogens is 1. The van der Waals surface area contributed by atoms with E-state index in [4.69, 9.17) is 4.74 Å². The van der Waals surface area contributed by atoms with E-state index >= 15 is 0 Å². The number of thioether (sulfide) groups is 1. The van der Waals surface area contributed by atoms with Crippen LogP contribution >= 0.6 is 35.7 Å². The molecule has 0 amide bonds. The zero-order valence-electron chi connectivity index (χ0n) is 13.3. The van der Waals surface area contributed by atoms with E-state index in [1.54, 1.807) is 14.2 Å². The van der Waals surface area contributed by atoms with E-state index in [1.807, 2.05) is 16.4 Å². The molecule has 9 heteroatoms. The normalized spacial score (nSPS) is 17.6. The molecule has 0 saturated heterocycles. The Morgan fingerprint density at radius 1 is 1.55 bits per heavy atom. The van der Waals surface area contributed by atoms with Crippen molar-refractivity contribution in [3.05, 3.63) is 11.6 Å². The third-order valence-corrected chi connectivity index (χ3v) is 3.95.